The summed E-state index contributed by atoms with van der Waals surface area (Å²) in [6.07, 6.45) is 14.1. The number of nitro groups is 1. The zero-order valence-corrected chi connectivity index (χ0v) is 39.2. The zero-order chi connectivity index (χ0) is 43.5. The Morgan fingerprint density at radius 2 is 1.45 bits per heavy atom. The number of nitrogens with zero attached hydrogens (tertiary/aromatic N) is 4. The first kappa shape index (κ1) is 47.0. The summed E-state index contributed by atoms with van der Waals surface area (Å²) >= 11 is 3.05. The summed E-state index contributed by atoms with van der Waals surface area (Å²) in [5, 5.41) is 20.0. The Morgan fingerprint density at radius 3 is 2.07 bits per heavy atom. The Kier molecular flexibility index (Phi) is 16.6. The first-order valence-electron chi connectivity index (χ1n) is 21.5. The molecule has 0 atom stereocenters. The number of benzene rings is 3. The summed E-state index contributed by atoms with van der Waals surface area (Å²) < 4.78 is 38.3. The second-order valence-corrected chi connectivity index (χ2v) is 21.4. The van der Waals surface area contributed by atoms with E-state index >= 15 is 0 Å². The monoisotopic (exact) mass is 876 g/mol. The Labute approximate surface area is 365 Å². The van der Waals surface area contributed by atoms with Crippen LogP contribution in [-0.2, 0) is 20.9 Å². The maximum Gasteiger partial charge on any atom is 0.270 e. The number of anilines is 1. The van der Waals surface area contributed by atoms with Crippen LogP contribution in [0, 0.1) is 10.1 Å². The van der Waals surface area contributed by atoms with Crippen LogP contribution in [0.2, 0.25) is 0 Å². The van der Waals surface area contributed by atoms with E-state index in [-0.39, 0.29) is 21.4 Å². The van der Waals surface area contributed by atoms with Gasteiger partial charge in [0.1, 0.15) is 10.6 Å². The molecule has 14 heteroatoms. The number of ether oxygens (including phenoxy) is 1. The van der Waals surface area contributed by atoms with Gasteiger partial charge in [0.15, 0.2) is 11.5 Å². The topological polar surface area (TPSA) is 145 Å². The number of fused-ring (bicyclic) bond motifs is 1. The SMILES string of the molecule is CCCCCCCCCCCCSc1ccc([N+](=O)[O-])cc1S(=O)(=O)Nc1ccc(-c2nc3c(Sc4cc(C(C)(C)C)ccc4OCCCC)c(C(C)(C)C)[nH]n3n2)cc1. The molecule has 0 aliphatic carbocycles. The number of hydrogen-bond donors (Lipinski definition) is 2. The Hall–Kier alpha value is -4.01. The number of nitrogens with one attached hydrogen (secondary N) is 2. The summed E-state index contributed by atoms with van der Waals surface area (Å²) in [6, 6.07) is 17.3. The zero-order valence-electron chi connectivity index (χ0n) is 36.7. The van der Waals surface area contributed by atoms with Crippen molar-refractivity contribution in [2.75, 3.05) is 17.1 Å². The number of aromatic nitrogens is 4. The molecule has 326 valence electrons. The highest BCUT2D eigenvalue weighted by molar-refractivity contribution is 8.00. The molecule has 60 heavy (non-hydrogen) atoms. The van der Waals surface area contributed by atoms with Crippen molar-refractivity contribution in [1.29, 1.82) is 0 Å². The van der Waals surface area contributed by atoms with Crippen molar-refractivity contribution >= 4 is 50.6 Å². The average molecular weight is 877 g/mol. The predicted octanol–water partition coefficient (Wildman–Crippen LogP) is 13.4. The van der Waals surface area contributed by atoms with Crippen LogP contribution in [0.25, 0.3) is 17.0 Å². The number of aromatic amines is 1. The molecule has 0 amide bonds. The van der Waals surface area contributed by atoms with Crippen molar-refractivity contribution in [3.8, 4) is 17.1 Å². The van der Waals surface area contributed by atoms with Crippen LogP contribution in [0.4, 0.5) is 11.4 Å². The molecule has 0 radical (unpaired) electrons. The lowest BCUT2D eigenvalue weighted by atomic mass is 9.87. The van der Waals surface area contributed by atoms with Gasteiger partial charge in [-0.2, -0.15) is 4.63 Å². The van der Waals surface area contributed by atoms with Crippen LogP contribution < -0.4 is 9.46 Å². The minimum absolute atomic E-state index is 0.0492. The number of nitro benzene ring substituents is 1. The molecule has 3 aromatic carbocycles. The lowest BCUT2D eigenvalue weighted by molar-refractivity contribution is -0.385. The number of rotatable bonds is 23. The van der Waals surface area contributed by atoms with Gasteiger partial charge in [-0.25, -0.2) is 13.4 Å². The molecule has 0 saturated carbocycles. The van der Waals surface area contributed by atoms with Gasteiger partial charge in [-0.05, 0) is 72.0 Å². The summed E-state index contributed by atoms with van der Waals surface area (Å²) in [4.78, 5) is 18.5. The molecule has 5 rings (SSSR count). The lowest BCUT2D eigenvalue weighted by Gasteiger charge is -2.22. The summed E-state index contributed by atoms with van der Waals surface area (Å²) in [6.45, 7) is 18.1. The van der Waals surface area contributed by atoms with E-state index in [9.17, 15) is 18.5 Å². The second kappa shape index (κ2) is 21.2. The maximum atomic E-state index is 13.8. The average Bonchev–Trinajstić information content (AvgIpc) is 3.76. The van der Waals surface area contributed by atoms with E-state index in [2.05, 4.69) is 83.4 Å². The van der Waals surface area contributed by atoms with Crippen LogP contribution in [-0.4, -0.2) is 45.5 Å². The highest BCUT2D eigenvalue weighted by Gasteiger charge is 2.28. The third kappa shape index (κ3) is 12.8. The number of sulfonamides is 1. The van der Waals surface area contributed by atoms with Crippen LogP contribution in [0.1, 0.15) is 144 Å². The van der Waals surface area contributed by atoms with Crippen LogP contribution in [0.5, 0.6) is 5.75 Å². The van der Waals surface area contributed by atoms with Crippen molar-refractivity contribution in [3.05, 3.63) is 82.0 Å². The molecular weight excluding hydrogens is 813 g/mol. The largest absolute Gasteiger partial charge is 0.492 e. The number of hydrogen-bond acceptors (Lipinski definition) is 9. The first-order chi connectivity index (χ1) is 28.5. The van der Waals surface area contributed by atoms with Gasteiger partial charge in [-0.15, -0.1) is 16.9 Å². The number of H-pyrrole nitrogens is 1. The van der Waals surface area contributed by atoms with E-state index in [0.29, 0.717) is 34.2 Å². The summed E-state index contributed by atoms with van der Waals surface area (Å²) in [7, 11) is -4.16. The number of unbranched alkanes of at least 4 members (excludes halogenated alkanes) is 10. The van der Waals surface area contributed by atoms with Gasteiger partial charge in [-0.1, -0.05) is 137 Å². The molecule has 11 nitrogen and oxygen atoms in total. The predicted molar refractivity (Wildman–Crippen MR) is 248 cm³/mol. The van der Waals surface area contributed by atoms with E-state index in [0.717, 1.165) is 65.2 Å². The molecule has 0 aliphatic rings. The fourth-order valence-electron chi connectivity index (χ4n) is 6.75. The number of thioether (sulfide) groups is 1. The molecule has 0 saturated heterocycles. The van der Waals surface area contributed by atoms with Crippen molar-refractivity contribution in [3.63, 3.8) is 0 Å². The van der Waals surface area contributed by atoms with Crippen molar-refractivity contribution in [1.82, 2.24) is 19.8 Å². The minimum atomic E-state index is -4.16. The van der Waals surface area contributed by atoms with E-state index < -0.39 is 14.9 Å². The highest BCUT2D eigenvalue weighted by atomic mass is 32.2. The minimum Gasteiger partial charge on any atom is -0.492 e. The van der Waals surface area contributed by atoms with Crippen LogP contribution in [0.3, 0.4) is 0 Å². The van der Waals surface area contributed by atoms with Gasteiger partial charge in [0, 0.05) is 33.7 Å². The fourth-order valence-corrected chi connectivity index (χ4v) is 10.7. The van der Waals surface area contributed by atoms with Gasteiger partial charge in [0.25, 0.3) is 15.7 Å². The van der Waals surface area contributed by atoms with Gasteiger partial charge in [0.05, 0.1) is 27.0 Å². The highest BCUT2D eigenvalue weighted by Crippen LogP contribution is 2.44. The van der Waals surface area contributed by atoms with E-state index in [1.165, 1.54) is 68.3 Å². The third-order valence-electron chi connectivity index (χ3n) is 10.4. The van der Waals surface area contributed by atoms with Crippen molar-refractivity contribution in [2.24, 2.45) is 0 Å². The van der Waals surface area contributed by atoms with E-state index in [1.807, 2.05) is 0 Å². The fraction of sp³-hybridized carbons (Fsp3) is 0.522. The van der Waals surface area contributed by atoms with Crippen molar-refractivity contribution in [2.45, 2.75) is 163 Å². The van der Waals surface area contributed by atoms with Crippen molar-refractivity contribution < 1.29 is 18.1 Å². The van der Waals surface area contributed by atoms with Gasteiger partial charge in [0.2, 0.25) is 0 Å². The van der Waals surface area contributed by atoms with E-state index in [4.69, 9.17) is 14.8 Å². The number of non-ortho nitro benzene ring substituents is 1. The Balaban J connectivity index is 1.33. The molecule has 2 aromatic heterocycles. The smallest absolute Gasteiger partial charge is 0.270 e. The van der Waals surface area contributed by atoms with E-state index in [1.54, 1.807) is 46.7 Å². The molecule has 2 N–H and O–H groups in total. The van der Waals surface area contributed by atoms with Crippen LogP contribution in [0.15, 0.2) is 80.2 Å². The molecule has 2 heterocycles. The molecule has 0 fully saturated rings. The quantitative estimate of drug-likeness (QED) is 0.0283. The first-order valence-corrected chi connectivity index (χ1v) is 24.8. The molecule has 0 aliphatic heterocycles. The normalized spacial score (nSPS) is 12.3. The van der Waals surface area contributed by atoms with Gasteiger partial charge in [-0.3, -0.25) is 19.9 Å². The third-order valence-corrected chi connectivity index (χ3v) is 14.2. The molecular formula is C46H64N6O5S3. The molecule has 5 aromatic rings. The standard InChI is InChI=1S/C46H64N6O5S3/c1-9-11-13-14-15-16-17-18-19-20-30-58-38-28-26-36(52(53)54)32-40(38)60(55,56)50-35-24-21-33(22-25-35)43-47-44-41(42(46(6,7)8)48-51(44)49-43)59-39-31-34(45(3,4)5)23-27-37(39)57-29-12-10-2/h21-28,31-32,48,50H,9-20,29-30H2,1-8H3. The van der Waals surface area contributed by atoms with Gasteiger partial charge < -0.3 is 4.74 Å². The summed E-state index contributed by atoms with van der Waals surface area (Å²) in [5.74, 6) is 2.04. The lowest BCUT2D eigenvalue weighted by Crippen LogP contribution is -2.14. The van der Waals surface area contributed by atoms with Gasteiger partial charge >= 0.3 is 0 Å². The molecule has 0 bridgehead atoms. The second-order valence-electron chi connectivity index (χ2n) is 17.6. The molecule has 0 unspecified atom stereocenters. The Bertz CT molecular complexity index is 2290. The van der Waals surface area contributed by atoms with Crippen LogP contribution >= 0.6 is 23.5 Å². The maximum absolute atomic E-state index is 13.8. The summed E-state index contributed by atoms with van der Waals surface area (Å²) in [5.41, 5.74) is 3.35. The Morgan fingerprint density at radius 1 is 0.800 bits per heavy atom. The molecule has 0 spiro atoms.